The smallest absolute Gasteiger partial charge is 0.316 e. The van der Waals surface area contributed by atoms with Crippen molar-refractivity contribution in [1.29, 1.82) is 0 Å². The van der Waals surface area contributed by atoms with Crippen molar-refractivity contribution in [3.63, 3.8) is 0 Å². The summed E-state index contributed by atoms with van der Waals surface area (Å²) in [5.41, 5.74) is 3.22. The number of nitrogens with one attached hydrogen (secondary N) is 7. The van der Waals surface area contributed by atoms with Crippen LogP contribution in [0.1, 0.15) is 45.4 Å². The number of ether oxygens (including phenoxy) is 1. The van der Waals surface area contributed by atoms with E-state index in [-0.39, 0.29) is 30.6 Å². The molecule has 0 aromatic rings. The van der Waals surface area contributed by atoms with Crippen molar-refractivity contribution < 1.29 is 9.53 Å². The van der Waals surface area contributed by atoms with Crippen LogP contribution in [0.4, 0.5) is 4.79 Å². The molecule has 4 fully saturated rings. The monoisotopic (exact) mass is 452 g/mol. The van der Waals surface area contributed by atoms with Gasteiger partial charge in [0.2, 0.25) is 0 Å². The fourth-order valence-electron chi connectivity index (χ4n) is 5.75. The van der Waals surface area contributed by atoms with E-state index in [1.165, 1.54) is 25.7 Å². The molecular weight excluding hydrogens is 408 g/mol. The molecule has 1 aliphatic carbocycles. The largest absolute Gasteiger partial charge is 0.381 e. The standard InChI is InChI=1S/C22H44N8O2/c1-14-19(28-22(31)29-20-8-9-26-30(20)2)10-17(13-23-14)27-21-24-11-16(12-25-21)15-4-6-18(32-3)7-5-15/h14-21,23-27H,4-13H2,1-3H3,(H2,28,29,31). The zero-order chi connectivity index (χ0) is 22.5. The molecule has 32 heavy (non-hydrogen) atoms. The van der Waals surface area contributed by atoms with Crippen molar-refractivity contribution in [3.8, 4) is 0 Å². The van der Waals surface area contributed by atoms with E-state index in [0.29, 0.717) is 18.1 Å². The summed E-state index contributed by atoms with van der Waals surface area (Å²) < 4.78 is 5.52. The molecule has 0 aromatic heterocycles. The number of urea groups is 1. The highest BCUT2D eigenvalue weighted by atomic mass is 16.5. The normalized spacial score (nSPS) is 41.3. The van der Waals surface area contributed by atoms with Crippen LogP contribution in [0.3, 0.4) is 0 Å². The summed E-state index contributed by atoms with van der Waals surface area (Å²) in [5.74, 6) is 1.48. The number of amides is 2. The maximum atomic E-state index is 12.5. The topological polar surface area (TPSA) is 114 Å². The van der Waals surface area contributed by atoms with E-state index in [9.17, 15) is 4.79 Å². The molecule has 4 atom stereocenters. The van der Waals surface area contributed by atoms with Crippen LogP contribution in [0.5, 0.6) is 0 Å². The first-order valence-corrected chi connectivity index (χ1v) is 12.5. The SMILES string of the molecule is COC1CCC(C2CNC(NC3CNC(C)C(NC(=O)NC4CCNN4C)C3)NC2)CC1. The number of methoxy groups -OCH3 is 1. The Balaban J connectivity index is 1.17. The second kappa shape index (κ2) is 11.4. The molecule has 0 bridgehead atoms. The van der Waals surface area contributed by atoms with Gasteiger partial charge in [0, 0.05) is 58.5 Å². The molecule has 3 aliphatic heterocycles. The van der Waals surface area contributed by atoms with Crippen LogP contribution in [0, 0.1) is 11.8 Å². The number of hydrazine groups is 1. The van der Waals surface area contributed by atoms with Crippen LogP contribution < -0.4 is 37.3 Å². The number of nitrogens with zero attached hydrogens (tertiary/aromatic N) is 1. The van der Waals surface area contributed by atoms with Gasteiger partial charge in [0.15, 0.2) is 0 Å². The van der Waals surface area contributed by atoms with Crippen molar-refractivity contribution in [3.05, 3.63) is 0 Å². The number of hydrogen-bond donors (Lipinski definition) is 7. The molecule has 1 saturated carbocycles. The molecule has 2 amide bonds. The summed E-state index contributed by atoms with van der Waals surface area (Å²) in [4.78, 5) is 12.5. The van der Waals surface area contributed by atoms with Gasteiger partial charge in [-0.2, -0.15) is 0 Å². The Morgan fingerprint density at radius 2 is 1.72 bits per heavy atom. The van der Waals surface area contributed by atoms with Crippen LogP contribution in [0.15, 0.2) is 0 Å². The molecular formula is C22H44N8O2. The Labute approximate surface area is 192 Å². The molecule has 4 rings (SSSR count). The molecule has 4 unspecified atom stereocenters. The highest BCUT2D eigenvalue weighted by molar-refractivity contribution is 5.74. The minimum Gasteiger partial charge on any atom is -0.381 e. The average molecular weight is 453 g/mol. The number of carbonyl (C=O) groups excluding carboxylic acids is 1. The molecule has 0 aromatic carbocycles. The Kier molecular flexibility index (Phi) is 8.61. The third kappa shape index (κ3) is 6.31. The van der Waals surface area contributed by atoms with E-state index in [0.717, 1.165) is 44.9 Å². The van der Waals surface area contributed by atoms with Crippen LogP contribution in [0.2, 0.25) is 0 Å². The quantitative estimate of drug-likeness (QED) is 0.288. The van der Waals surface area contributed by atoms with Crippen molar-refractivity contribution in [2.24, 2.45) is 11.8 Å². The lowest BCUT2D eigenvalue weighted by molar-refractivity contribution is 0.0414. The minimum atomic E-state index is -0.0928. The lowest BCUT2D eigenvalue weighted by Crippen LogP contribution is -2.67. The summed E-state index contributed by atoms with van der Waals surface area (Å²) >= 11 is 0. The third-order valence-corrected chi connectivity index (χ3v) is 7.98. The van der Waals surface area contributed by atoms with Gasteiger partial charge in [0.1, 0.15) is 6.29 Å². The van der Waals surface area contributed by atoms with Gasteiger partial charge in [-0.25, -0.2) is 9.80 Å². The molecule has 184 valence electrons. The summed E-state index contributed by atoms with van der Waals surface area (Å²) in [6.45, 7) is 6.05. The molecule has 7 N–H and O–H groups in total. The van der Waals surface area contributed by atoms with Crippen molar-refractivity contribution in [1.82, 2.24) is 42.3 Å². The summed E-state index contributed by atoms with van der Waals surface area (Å²) in [6.07, 6.45) is 7.39. The first kappa shape index (κ1) is 24.1. The summed E-state index contributed by atoms with van der Waals surface area (Å²) in [6, 6.07) is 0.543. The van der Waals surface area contributed by atoms with Crippen LogP contribution >= 0.6 is 0 Å². The highest BCUT2D eigenvalue weighted by Crippen LogP contribution is 2.31. The van der Waals surface area contributed by atoms with E-state index in [1.54, 1.807) is 0 Å². The second-order valence-corrected chi connectivity index (χ2v) is 10.1. The fraction of sp³-hybridized carbons (Fsp3) is 0.955. The van der Waals surface area contributed by atoms with E-state index in [2.05, 4.69) is 44.3 Å². The molecule has 0 radical (unpaired) electrons. The average Bonchev–Trinajstić information content (AvgIpc) is 3.21. The van der Waals surface area contributed by atoms with E-state index >= 15 is 0 Å². The maximum absolute atomic E-state index is 12.5. The lowest BCUT2D eigenvalue weighted by atomic mass is 9.78. The second-order valence-electron chi connectivity index (χ2n) is 10.1. The predicted molar refractivity (Wildman–Crippen MR) is 125 cm³/mol. The van der Waals surface area contributed by atoms with Gasteiger partial charge in [-0.05, 0) is 57.3 Å². The number of hydrogen-bond acceptors (Lipinski definition) is 8. The molecule has 10 nitrogen and oxygen atoms in total. The van der Waals surface area contributed by atoms with Gasteiger partial charge in [0.05, 0.1) is 12.3 Å². The zero-order valence-corrected chi connectivity index (χ0v) is 20.0. The zero-order valence-electron chi connectivity index (χ0n) is 20.0. The Bertz CT molecular complexity index is 594. The lowest BCUT2D eigenvalue weighted by Gasteiger charge is -2.42. The van der Waals surface area contributed by atoms with Crippen molar-refractivity contribution in [2.75, 3.05) is 40.3 Å². The van der Waals surface area contributed by atoms with Crippen molar-refractivity contribution in [2.45, 2.75) is 82.1 Å². The Morgan fingerprint density at radius 3 is 2.38 bits per heavy atom. The van der Waals surface area contributed by atoms with Crippen LogP contribution in [-0.2, 0) is 4.74 Å². The number of carbonyl (C=O) groups is 1. The summed E-state index contributed by atoms with van der Waals surface area (Å²) in [7, 11) is 3.80. The van der Waals surface area contributed by atoms with Gasteiger partial charge in [-0.15, -0.1) is 0 Å². The first-order valence-electron chi connectivity index (χ1n) is 12.5. The molecule has 0 spiro atoms. The van der Waals surface area contributed by atoms with Crippen LogP contribution in [0.25, 0.3) is 0 Å². The fourth-order valence-corrected chi connectivity index (χ4v) is 5.75. The predicted octanol–water partition coefficient (Wildman–Crippen LogP) is -0.542. The maximum Gasteiger partial charge on any atom is 0.316 e. The molecule has 4 aliphatic rings. The van der Waals surface area contributed by atoms with E-state index in [4.69, 9.17) is 4.74 Å². The van der Waals surface area contributed by atoms with Gasteiger partial charge in [-0.3, -0.25) is 21.4 Å². The van der Waals surface area contributed by atoms with E-state index in [1.807, 2.05) is 19.2 Å². The Hall–Kier alpha value is -1.01. The first-order chi connectivity index (χ1) is 15.5. The Morgan fingerprint density at radius 1 is 0.969 bits per heavy atom. The van der Waals surface area contributed by atoms with Crippen molar-refractivity contribution >= 4 is 6.03 Å². The van der Waals surface area contributed by atoms with E-state index < -0.39 is 0 Å². The van der Waals surface area contributed by atoms with Gasteiger partial charge < -0.3 is 20.7 Å². The van der Waals surface area contributed by atoms with Crippen LogP contribution in [-0.4, -0.2) is 88.1 Å². The molecule has 3 saturated heterocycles. The summed E-state index contributed by atoms with van der Waals surface area (Å²) in [5, 5.41) is 22.8. The highest BCUT2D eigenvalue weighted by Gasteiger charge is 2.34. The third-order valence-electron chi connectivity index (χ3n) is 7.98. The number of rotatable bonds is 6. The molecule has 3 heterocycles. The molecule has 10 heteroatoms. The number of piperidine rings is 1. The minimum absolute atomic E-state index is 0.0453. The van der Waals surface area contributed by atoms with Gasteiger partial charge >= 0.3 is 6.03 Å². The van der Waals surface area contributed by atoms with Gasteiger partial charge in [0.25, 0.3) is 0 Å². The van der Waals surface area contributed by atoms with Gasteiger partial charge in [-0.1, -0.05) is 0 Å².